The molecule has 0 aliphatic heterocycles. The highest BCUT2D eigenvalue weighted by atomic mass is 32.2. The van der Waals surface area contributed by atoms with Crippen LogP contribution in [0.1, 0.15) is 45.6 Å². The number of carbonyl (C=O) groups is 1. The van der Waals surface area contributed by atoms with E-state index >= 15 is 0 Å². The topological polar surface area (TPSA) is 79.8 Å². The smallest absolute Gasteiger partial charge is 0.344 e. The Morgan fingerprint density at radius 1 is 1.53 bits per heavy atom. The van der Waals surface area contributed by atoms with Crippen molar-refractivity contribution in [2.75, 3.05) is 5.75 Å². The molecule has 1 amide bonds. The van der Waals surface area contributed by atoms with Crippen molar-refractivity contribution >= 4 is 17.7 Å². The lowest BCUT2D eigenvalue weighted by Crippen LogP contribution is -2.35. The number of aromatic amines is 1. The molecule has 2 rings (SSSR count). The number of hydrogen-bond donors (Lipinski definition) is 2. The minimum atomic E-state index is -0.176. The first-order chi connectivity index (χ1) is 9.15. The Hall–Kier alpha value is -1.24. The molecule has 0 unspecified atom stereocenters. The SMILES string of the molecule is CCC(CC)NC(=O)CSc1n[nH]c(=O)n1C1CC1. The van der Waals surface area contributed by atoms with E-state index in [2.05, 4.69) is 29.4 Å². The molecule has 0 atom stereocenters. The standard InChI is InChI=1S/C12H20N4O2S/c1-3-8(4-2)13-10(17)7-19-12-15-14-11(18)16(12)9-5-6-9/h8-9H,3-7H2,1-2H3,(H,13,17)(H,14,18). The largest absolute Gasteiger partial charge is 0.353 e. The first kappa shape index (κ1) is 14.2. The number of nitrogens with one attached hydrogen (secondary N) is 2. The zero-order valence-corrected chi connectivity index (χ0v) is 12.1. The Labute approximate surface area is 116 Å². The van der Waals surface area contributed by atoms with Gasteiger partial charge in [-0.25, -0.2) is 9.89 Å². The van der Waals surface area contributed by atoms with E-state index in [9.17, 15) is 9.59 Å². The van der Waals surface area contributed by atoms with Crippen molar-refractivity contribution in [3.63, 3.8) is 0 Å². The second-order valence-electron chi connectivity index (χ2n) is 4.78. The van der Waals surface area contributed by atoms with Gasteiger partial charge in [-0.05, 0) is 25.7 Å². The Balaban J connectivity index is 1.88. The van der Waals surface area contributed by atoms with Gasteiger partial charge in [-0.1, -0.05) is 25.6 Å². The van der Waals surface area contributed by atoms with Crippen molar-refractivity contribution in [3.8, 4) is 0 Å². The molecule has 6 nitrogen and oxygen atoms in total. The van der Waals surface area contributed by atoms with E-state index in [1.54, 1.807) is 4.57 Å². The predicted octanol–water partition coefficient (Wildman–Crippen LogP) is 1.30. The minimum absolute atomic E-state index is 0.00324. The summed E-state index contributed by atoms with van der Waals surface area (Å²) in [6, 6.07) is 0.508. The molecule has 2 N–H and O–H groups in total. The van der Waals surface area contributed by atoms with E-state index in [0.29, 0.717) is 10.9 Å². The summed E-state index contributed by atoms with van der Waals surface area (Å²) < 4.78 is 1.66. The third-order valence-electron chi connectivity index (χ3n) is 3.27. The van der Waals surface area contributed by atoms with Crippen LogP contribution in [0.25, 0.3) is 0 Å². The molecular formula is C12H20N4O2S. The van der Waals surface area contributed by atoms with Crippen LogP contribution in [-0.4, -0.2) is 32.5 Å². The third kappa shape index (κ3) is 3.62. The van der Waals surface area contributed by atoms with Gasteiger partial charge in [-0.3, -0.25) is 9.36 Å². The molecule has 1 aromatic rings. The Kier molecular flexibility index (Phi) is 4.68. The minimum Gasteiger partial charge on any atom is -0.353 e. The number of carbonyl (C=O) groups excluding carboxylic acids is 1. The Morgan fingerprint density at radius 3 is 2.79 bits per heavy atom. The summed E-state index contributed by atoms with van der Waals surface area (Å²) in [4.78, 5) is 23.4. The van der Waals surface area contributed by atoms with E-state index < -0.39 is 0 Å². The van der Waals surface area contributed by atoms with Crippen LogP contribution in [0.15, 0.2) is 9.95 Å². The zero-order chi connectivity index (χ0) is 13.8. The molecular weight excluding hydrogens is 264 g/mol. The molecule has 1 fully saturated rings. The fourth-order valence-electron chi connectivity index (χ4n) is 1.94. The molecule has 19 heavy (non-hydrogen) atoms. The number of rotatable bonds is 7. The van der Waals surface area contributed by atoms with E-state index in [1.165, 1.54) is 11.8 Å². The van der Waals surface area contributed by atoms with Crippen LogP contribution in [0.2, 0.25) is 0 Å². The van der Waals surface area contributed by atoms with Crippen LogP contribution in [0, 0.1) is 0 Å². The highest BCUT2D eigenvalue weighted by Crippen LogP contribution is 2.35. The summed E-state index contributed by atoms with van der Waals surface area (Å²) in [5, 5.41) is 10.0. The third-order valence-corrected chi connectivity index (χ3v) is 4.22. The average Bonchev–Trinajstić information content (AvgIpc) is 3.17. The number of hydrogen-bond acceptors (Lipinski definition) is 4. The lowest BCUT2D eigenvalue weighted by Gasteiger charge is -2.14. The van der Waals surface area contributed by atoms with Crippen molar-refractivity contribution in [2.45, 2.75) is 56.8 Å². The van der Waals surface area contributed by atoms with E-state index in [4.69, 9.17) is 0 Å². The molecule has 0 aromatic carbocycles. The number of nitrogens with zero attached hydrogens (tertiary/aromatic N) is 2. The molecule has 7 heteroatoms. The average molecular weight is 284 g/mol. The number of H-pyrrole nitrogens is 1. The molecule has 1 aliphatic carbocycles. The van der Waals surface area contributed by atoms with Gasteiger partial charge in [-0.15, -0.1) is 5.10 Å². The molecule has 106 valence electrons. The fraction of sp³-hybridized carbons (Fsp3) is 0.750. The lowest BCUT2D eigenvalue weighted by molar-refractivity contribution is -0.119. The highest BCUT2D eigenvalue weighted by molar-refractivity contribution is 7.99. The highest BCUT2D eigenvalue weighted by Gasteiger charge is 2.28. The maximum absolute atomic E-state index is 11.8. The van der Waals surface area contributed by atoms with Crippen molar-refractivity contribution in [2.24, 2.45) is 0 Å². The van der Waals surface area contributed by atoms with Crippen LogP contribution >= 0.6 is 11.8 Å². The summed E-state index contributed by atoms with van der Waals surface area (Å²) in [5.41, 5.74) is -0.176. The van der Waals surface area contributed by atoms with E-state index in [0.717, 1.165) is 25.7 Å². The Bertz CT molecular complexity index is 488. The van der Waals surface area contributed by atoms with Gasteiger partial charge in [0.05, 0.1) is 5.75 Å². The summed E-state index contributed by atoms with van der Waals surface area (Å²) in [5.74, 6) is 0.296. The molecule has 0 saturated heterocycles. The van der Waals surface area contributed by atoms with Crippen LogP contribution in [-0.2, 0) is 4.79 Å². The maximum atomic E-state index is 11.8. The first-order valence-electron chi connectivity index (χ1n) is 6.74. The van der Waals surface area contributed by atoms with Crippen molar-refractivity contribution in [3.05, 3.63) is 10.5 Å². The van der Waals surface area contributed by atoms with Gasteiger partial charge < -0.3 is 5.32 Å². The molecule has 1 aromatic heterocycles. The number of aromatic nitrogens is 3. The second kappa shape index (κ2) is 6.27. The van der Waals surface area contributed by atoms with Gasteiger partial charge in [0, 0.05) is 12.1 Å². The number of thioether (sulfide) groups is 1. The van der Waals surface area contributed by atoms with Crippen LogP contribution in [0.4, 0.5) is 0 Å². The summed E-state index contributed by atoms with van der Waals surface area (Å²) >= 11 is 1.32. The summed E-state index contributed by atoms with van der Waals surface area (Å²) in [6.45, 7) is 4.11. The van der Waals surface area contributed by atoms with E-state index in [-0.39, 0.29) is 23.7 Å². The normalized spacial score (nSPS) is 14.9. The predicted molar refractivity (Wildman–Crippen MR) is 74.4 cm³/mol. The lowest BCUT2D eigenvalue weighted by atomic mass is 10.2. The van der Waals surface area contributed by atoms with E-state index in [1.807, 2.05) is 0 Å². The van der Waals surface area contributed by atoms with Crippen LogP contribution in [0.3, 0.4) is 0 Å². The second-order valence-corrected chi connectivity index (χ2v) is 5.72. The number of amides is 1. The molecule has 0 bridgehead atoms. The van der Waals surface area contributed by atoms with Gasteiger partial charge >= 0.3 is 5.69 Å². The monoisotopic (exact) mass is 284 g/mol. The Morgan fingerprint density at radius 2 is 2.21 bits per heavy atom. The first-order valence-corrected chi connectivity index (χ1v) is 7.73. The molecule has 0 spiro atoms. The van der Waals surface area contributed by atoms with Gasteiger partial charge in [0.2, 0.25) is 5.91 Å². The van der Waals surface area contributed by atoms with Crippen LogP contribution in [0.5, 0.6) is 0 Å². The van der Waals surface area contributed by atoms with Crippen LogP contribution < -0.4 is 11.0 Å². The van der Waals surface area contributed by atoms with Gasteiger partial charge in [0.15, 0.2) is 5.16 Å². The molecule has 1 saturated carbocycles. The van der Waals surface area contributed by atoms with Gasteiger partial charge in [-0.2, -0.15) is 0 Å². The summed E-state index contributed by atoms with van der Waals surface area (Å²) in [6.07, 6.45) is 3.91. The van der Waals surface area contributed by atoms with Gasteiger partial charge in [0.25, 0.3) is 0 Å². The molecule has 1 aliphatic rings. The quantitative estimate of drug-likeness (QED) is 0.740. The van der Waals surface area contributed by atoms with Crippen molar-refractivity contribution in [1.29, 1.82) is 0 Å². The summed E-state index contributed by atoms with van der Waals surface area (Å²) in [7, 11) is 0. The zero-order valence-electron chi connectivity index (χ0n) is 11.3. The maximum Gasteiger partial charge on any atom is 0.344 e. The molecule has 0 radical (unpaired) electrons. The fourth-order valence-corrected chi connectivity index (χ4v) is 2.76. The van der Waals surface area contributed by atoms with Crippen molar-refractivity contribution < 1.29 is 4.79 Å². The molecule has 1 heterocycles. The van der Waals surface area contributed by atoms with Crippen molar-refractivity contribution in [1.82, 2.24) is 20.1 Å². The van der Waals surface area contributed by atoms with Gasteiger partial charge in [0.1, 0.15) is 0 Å².